The second kappa shape index (κ2) is 5.62. The van der Waals surface area contributed by atoms with Gasteiger partial charge < -0.3 is 0 Å². The van der Waals surface area contributed by atoms with Crippen LogP contribution < -0.4 is 0 Å². The van der Waals surface area contributed by atoms with E-state index in [4.69, 9.17) is 5.26 Å². The zero-order valence-electron chi connectivity index (χ0n) is 6.73. The van der Waals surface area contributed by atoms with Gasteiger partial charge >= 0.3 is 0 Å². The highest BCUT2D eigenvalue weighted by atomic mass is 32.2. The van der Waals surface area contributed by atoms with Crippen LogP contribution in [0.2, 0.25) is 0 Å². The van der Waals surface area contributed by atoms with Crippen molar-refractivity contribution in [2.75, 3.05) is 5.75 Å². The van der Waals surface area contributed by atoms with E-state index in [2.05, 4.69) is 16.5 Å². The van der Waals surface area contributed by atoms with Crippen molar-refractivity contribution in [1.29, 1.82) is 5.26 Å². The van der Waals surface area contributed by atoms with Crippen LogP contribution in [-0.2, 0) is 6.42 Å². The van der Waals surface area contributed by atoms with Crippen molar-refractivity contribution in [3.05, 3.63) is 30.1 Å². The van der Waals surface area contributed by atoms with Gasteiger partial charge in [0, 0.05) is 18.1 Å². The molecule has 62 valence electrons. The van der Waals surface area contributed by atoms with Crippen molar-refractivity contribution in [1.82, 2.24) is 4.98 Å². The van der Waals surface area contributed by atoms with E-state index in [0.29, 0.717) is 0 Å². The molecule has 0 unspecified atom stereocenters. The Hall–Kier alpha value is -1.01. The number of thiocyanates is 1. The van der Waals surface area contributed by atoms with Crippen LogP contribution in [0.15, 0.2) is 24.5 Å². The number of thioether (sulfide) groups is 1. The van der Waals surface area contributed by atoms with Gasteiger partial charge in [-0.05, 0) is 36.2 Å². The van der Waals surface area contributed by atoms with Crippen molar-refractivity contribution < 1.29 is 0 Å². The molecule has 0 bridgehead atoms. The average Bonchev–Trinajstić information content (AvgIpc) is 2.14. The van der Waals surface area contributed by atoms with Crippen LogP contribution in [0.3, 0.4) is 0 Å². The predicted octanol–water partition coefficient (Wildman–Crippen LogP) is 2.23. The minimum absolute atomic E-state index is 0.908. The minimum atomic E-state index is 0.908. The van der Waals surface area contributed by atoms with Crippen LogP contribution in [0.25, 0.3) is 0 Å². The molecule has 2 nitrogen and oxygen atoms in total. The number of nitriles is 1. The van der Waals surface area contributed by atoms with E-state index in [9.17, 15) is 0 Å². The third-order valence-electron chi connectivity index (χ3n) is 1.50. The Bertz CT molecular complexity index is 253. The fourth-order valence-electron chi connectivity index (χ4n) is 0.940. The Morgan fingerprint density at radius 2 is 2.50 bits per heavy atom. The summed E-state index contributed by atoms with van der Waals surface area (Å²) in [5.74, 6) is 0.908. The van der Waals surface area contributed by atoms with Crippen molar-refractivity contribution in [3.8, 4) is 5.40 Å². The molecular weight excluding hydrogens is 168 g/mol. The van der Waals surface area contributed by atoms with Crippen molar-refractivity contribution in [3.63, 3.8) is 0 Å². The van der Waals surface area contributed by atoms with Crippen molar-refractivity contribution >= 4 is 11.8 Å². The lowest BCUT2D eigenvalue weighted by Gasteiger charge is -1.96. The van der Waals surface area contributed by atoms with Crippen molar-refractivity contribution in [2.45, 2.75) is 12.8 Å². The first-order valence-electron chi connectivity index (χ1n) is 3.83. The summed E-state index contributed by atoms with van der Waals surface area (Å²) in [5.41, 5.74) is 1.25. The van der Waals surface area contributed by atoms with E-state index in [1.165, 1.54) is 17.3 Å². The van der Waals surface area contributed by atoms with Gasteiger partial charge in [0.15, 0.2) is 0 Å². The largest absolute Gasteiger partial charge is 0.264 e. The molecule has 0 fully saturated rings. The number of hydrogen-bond donors (Lipinski definition) is 0. The normalized spacial score (nSPS) is 9.25. The Morgan fingerprint density at radius 3 is 3.17 bits per heavy atom. The molecule has 0 amide bonds. The highest BCUT2D eigenvalue weighted by molar-refractivity contribution is 8.03. The summed E-state index contributed by atoms with van der Waals surface area (Å²) in [5, 5.41) is 10.3. The van der Waals surface area contributed by atoms with E-state index < -0.39 is 0 Å². The average molecular weight is 178 g/mol. The first kappa shape index (κ1) is 9.08. The van der Waals surface area contributed by atoms with Crippen LogP contribution in [0.4, 0.5) is 0 Å². The third-order valence-corrected chi connectivity index (χ3v) is 2.12. The molecule has 0 N–H and O–H groups in total. The van der Waals surface area contributed by atoms with Crippen LogP contribution >= 0.6 is 11.8 Å². The van der Waals surface area contributed by atoms with Gasteiger partial charge in [-0.2, -0.15) is 5.26 Å². The summed E-state index contributed by atoms with van der Waals surface area (Å²) < 4.78 is 0. The highest BCUT2D eigenvalue weighted by Crippen LogP contribution is 2.05. The number of nitrogens with zero attached hydrogens (tertiary/aromatic N) is 2. The zero-order valence-corrected chi connectivity index (χ0v) is 7.55. The maximum absolute atomic E-state index is 8.26. The van der Waals surface area contributed by atoms with E-state index >= 15 is 0 Å². The number of rotatable bonds is 4. The standard InChI is InChI=1S/C9H10N2S/c10-8-12-6-2-4-9-3-1-5-11-7-9/h1,3,5,7H,2,4,6H2. The zero-order chi connectivity index (χ0) is 8.65. The molecule has 0 saturated heterocycles. The van der Waals surface area contributed by atoms with E-state index in [1.54, 1.807) is 6.20 Å². The topological polar surface area (TPSA) is 36.7 Å². The molecule has 0 atom stereocenters. The fraction of sp³-hybridized carbons (Fsp3) is 0.333. The minimum Gasteiger partial charge on any atom is -0.264 e. The van der Waals surface area contributed by atoms with Gasteiger partial charge in [0.1, 0.15) is 5.40 Å². The monoisotopic (exact) mass is 178 g/mol. The Kier molecular flexibility index (Phi) is 4.25. The van der Waals surface area contributed by atoms with E-state index in [-0.39, 0.29) is 0 Å². The van der Waals surface area contributed by atoms with Crippen LogP contribution in [0.5, 0.6) is 0 Å². The van der Waals surface area contributed by atoms with Crippen LogP contribution in [0.1, 0.15) is 12.0 Å². The van der Waals surface area contributed by atoms with Gasteiger partial charge in [0.05, 0.1) is 0 Å². The number of pyridine rings is 1. The lowest BCUT2D eigenvalue weighted by molar-refractivity contribution is 0.926. The number of aromatic nitrogens is 1. The summed E-state index contributed by atoms with van der Waals surface area (Å²) in [6, 6.07) is 4.00. The molecule has 0 aliphatic heterocycles. The van der Waals surface area contributed by atoms with Crippen molar-refractivity contribution in [2.24, 2.45) is 0 Å². The summed E-state index contributed by atoms with van der Waals surface area (Å²) in [4.78, 5) is 4.01. The molecule has 0 saturated carbocycles. The summed E-state index contributed by atoms with van der Waals surface area (Å²) in [6.07, 6.45) is 5.71. The summed E-state index contributed by atoms with van der Waals surface area (Å²) in [6.45, 7) is 0. The first-order valence-corrected chi connectivity index (χ1v) is 4.82. The highest BCUT2D eigenvalue weighted by Gasteiger charge is 1.91. The lowest BCUT2D eigenvalue weighted by atomic mass is 10.2. The number of aryl methyl sites for hydroxylation is 1. The summed E-state index contributed by atoms with van der Waals surface area (Å²) in [7, 11) is 0. The van der Waals surface area contributed by atoms with Gasteiger partial charge in [0.25, 0.3) is 0 Å². The molecule has 0 aromatic carbocycles. The molecule has 0 spiro atoms. The SMILES string of the molecule is N#CSCCCc1cccnc1. The maximum Gasteiger partial charge on any atom is 0.133 e. The molecule has 1 aromatic heterocycles. The quantitative estimate of drug-likeness (QED) is 0.524. The molecule has 12 heavy (non-hydrogen) atoms. The predicted molar refractivity (Wildman–Crippen MR) is 50.6 cm³/mol. The van der Waals surface area contributed by atoms with Gasteiger partial charge in [0.2, 0.25) is 0 Å². The molecule has 1 heterocycles. The molecule has 1 aromatic rings. The Morgan fingerprint density at radius 1 is 1.58 bits per heavy atom. The van der Waals surface area contributed by atoms with Crippen LogP contribution in [-0.4, -0.2) is 10.7 Å². The van der Waals surface area contributed by atoms with Crippen LogP contribution in [0, 0.1) is 10.7 Å². The van der Waals surface area contributed by atoms with E-state index in [0.717, 1.165) is 18.6 Å². The first-order chi connectivity index (χ1) is 5.93. The Labute approximate surface area is 76.6 Å². The van der Waals surface area contributed by atoms with Gasteiger partial charge in [-0.15, -0.1) is 0 Å². The molecule has 0 radical (unpaired) electrons. The fourth-order valence-corrected chi connectivity index (χ4v) is 1.32. The summed E-state index contributed by atoms with van der Waals surface area (Å²) >= 11 is 1.31. The smallest absolute Gasteiger partial charge is 0.133 e. The van der Waals surface area contributed by atoms with Gasteiger partial charge in [-0.1, -0.05) is 6.07 Å². The molecular formula is C9H10N2S. The molecule has 1 rings (SSSR count). The third kappa shape index (κ3) is 3.40. The Balaban J connectivity index is 2.21. The maximum atomic E-state index is 8.26. The second-order valence-electron chi connectivity index (χ2n) is 2.40. The number of hydrogen-bond acceptors (Lipinski definition) is 3. The van der Waals surface area contributed by atoms with Gasteiger partial charge in [-0.25, -0.2) is 0 Å². The molecule has 3 heteroatoms. The second-order valence-corrected chi connectivity index (χ2v) is 3.28. The molecule has 0 aliphatic rings. The lowest BCUT2D eigenvalue weighted by Crippen LogP contribution is -1.87. The molecule has 0 aliphatic carbocycles. The van der Waals surface area contributed by atoms with Gasteiger partial charge in [-0.3, -0.25) is 4.98 Å². The van der Waals surface area contributed by atoms with E-state index in [1.807, 2.05) is 12.3 Å².